The lowest BCUT2D eigenvalue weighted by atomic mass is 9.91. The smallest absolute Gasteiger partial charge is 0.268 e. The van der Waals surface area contributed by atoms with Gasteiger partial charge in [-0.05, 0) is 44.0 Å². The first-order chi connectivity index (χ1) is 13.1. The van der Waals surface area contributed by atoms with Crippen molar-refractivity contribution in [1.29, 1.82) is 0 Å². The molecule has 0 aromatic heterocycles. The molecule has 27 heavy (non-hydrogen) atoms. The first-order valence-electron chi connectivity index (χ1n) is 9.57. The van der Waals surface area contributed by atoms with Crippen molar-refractivity contribution < 1.29 is 9.53 Å². The van der Waals surface area contributed by atoms with Crippen LogP contribution in [0, 0.1) is 0 Å². The summed E-state index contributed by atoms with van der Waals surface area (Å²) in [6.45, 7) is 2.58. The van der Waals surface area contributed by atoms with Crippen LogP contribution in [-0.2, 0) is 4.79 Å². The zero-order chi connectivity index (χ0) is 19.0. The molecule has 2 fully saturated rings. The molecule has 0 N–H and O–H groups in total. The van der Waals surface area contributed by atoms with Gasteiger partial charge in [0.15, 0.2) is 0 Å². The van der Waals surface area contributed by atoms with E-state index >= 15 is 0 Å². The van der Waals surface area contributed by atoms with Crippen molar-refractivity contribution in [2.24, 2.45) is 0 Å². The summed E-state index contributed by atoms with van der Waals surface area (Å²) >= 11 is 6.88. The van der Waals surface area contributed by atoms with Crippen LogP contribution in [0.2, 0.25) is 0 Å². The van der Waals surface area contributed by atoms with E-state index in [4.69, 9.17) is 17.0 Å². The number of rotatable bonds is 3. The van der Waals surface area contributed by atoms with Crippen molar-refractivity contribution in [3.05, 3.63) is 40.4 Å². The number of thiocarbonyl (C=S) groups is 1. The van der Waals surface area contributed by atoms with Crippen LogP contribution >= 0.6 is 24.0 Å². The number of ether oxygens (including phenoxy) is 1. The van der Waals surface area contributed by atoms with E-state index in [1.54, 1.807) is 12.0 Å². The lowest BCUT2D eigenvalue weighted by molar-refractivity contribution is -0.122. The van der Waals surface area contributed by atoms with Crippen LogP contribution in [-0.4, -0.2) is 34.8 Å². The number of carbonyl (C=O) groups excluding carboxylic acids is 1. The third kappa shape index (κ3) is 3.29. The number of fused-ring (bicyclic) bond motifs is 1. The molecule has 0 spiro atoms. The Kier molecular flexibility index (Phi) is 5.28. The largest absolute Gasteiger partial charge is 0.497 e. The molecular weight excluding hydrogens is 376 g/mol. The van der Waals surface area contributed by atoms with Gasteiger partial charge in [0.25, 0.3) is 5.91 Å². The molecule has 6 heteroatoms. The fourth-order valence-corrected chi connectivity index (χ4v) is 5.56. The van der Waals surface area contributed by atoms with E-state index in [0.717, 1.165) is 40.4 Å². The fourth-order valence-electron chi connectivity index (χ4n) is 4.14. The van der Waals surface area contributed by atoms with E-state index in [1.807, 2.05) is 13.0 Å². The minimum absolute atomic E-state index is 0.0323. The van der Waals surface area contributed by atoms with Crippen molar-refractivity contribution in [1.82, 2.24) is 4.90 Å². The van der Waals surface area contributed by atoms with Crippen LogP contribution in [0.4, 0.5) is 5.69 Å². The Morgan fingerprint density at radius 1 is 1.22 bits per heavy atom. The zero-order valence-corrected chi connectivity index (χ0v) is 17.4. The van der Waals surface area contributed by atoms with Crippen LogP contribution in [0.25, 0.3) is 6.08 Å². The van der Waals surface area contributed by atoms with Crippen LogP contribution in [0.5, 0.6) is 5.75 Å². The average Bonchev–Trinajstić information content (AvgIpc) is 3.00. The minimum atomic E-state index is 0.0323. The second-order valence-electron chi connectivity index (χ2n) is 7.05. The Hall–Kier alpha value is -1.79. The van der Waals surface area contributed by atoms with Gasteiger partial charge >= 0.3 is 0 Å². The summed E-state index contributed by atoms with van der Waals surface area (Å²) in [5.74, 6) is 0.882. The predicted molar refractivity (Wildman–Crippen MR) is 116 cm³/mol. The molecule has 4 rings (SSSR count). The number of amides is 1. The van der Waals surface area contributed by atoms with E-state index in [-0.39, 0.29) is 5.91 Å². The molecular formula is C21H24N2O2S2. The fraction of sp³-hybridized carbons (Fsp3) is 0.429. The molecule has 3 aliphatic rings. The van der Waals surface area contributed by atoms with Crippen molar-refractivity contribution in [2.75, 3.05) is 18.6 Å². The van der Waals surface area contributed by atoms with Gasteiger partial charge in [-0.25, -0.2) is 0 Å². The number of likely N-dealkylation sites (N-methyl/N-ethyl adjacent to an activating group) is 1. The maximum atomic E-state index is 13.0. The molecule has 4 nitrogen and oxygen atoms in total. The molecule has 1 saturated heterocycles. The Bertz CT molecular complexity index is 841. The monoisotopic (exact) mass is 400 g/mol. The first-order valence-corrected chi connectivity index (χ1v) is 10.8. The number of allylic oxidation sites excluding steroid dienone is 1. The summed E-state index contributed by atoms with van der Waals surface area (Å²) < 4.78 is 6.06. The standard InChI is InChI=1S/C21H24N2O2S2/c1-3-22-20(24)19(27-21(22)26)18-11-9-14-13-16(25-2)10-12-17(14)23(18)15-7-5-4-6-8-15/h9-13,15H,3-8H2,1-2H3. The van der Waals surface area contributed by atoms with Crippen LogP contribution in [0.15, 0.2) is 34.9 Å². The lowest BCUT2D eigenvalue weighted by Crippen LogP contribution is -2.38. The highest BCUT2D eigenvalue weighted by Crippen LogP contribution is 2.43. The van der Waals surface area contributed by atoms with Gasteiger partial charge in [0.1, 0.15) is 15.0 Å². The highest BCUT2D eigenvalue weighted by atomic mass is 32.2. The van der Waals surface area contributed by atoms with Gasteiger partial charge in [-0.15, -0.1) is 0 Å². The molecule has 1 aromatic carbocycles. The molecule has 0 atom stereocenters. The number of hydrogen-bond acceptors (Lipinski definition) is 5. The van der Waals surface area contributed by atoms with Crippen LogP contribution < -0.4 is 9.64 Å². The van der Waals surface area contributed by atoms with Crippen molar-refractivity contribution in [3.8, 4) is 5.75 Å². The van der Waals surface area contributed by atoms with Gasteiger partial charge in [-0.3, -0.25) is 9.69 Å². The Labute approximate surface area is 170 Å². The van der Waals surface area contributed by atoms with Crippen LogP contribution in [0.1, 0.15) is 44.6 Å². The quantitative estimate of drug-likeness (QED) is 0.529. The van der Waals surface area contributed by atoms with Crippen molar-refractivity contribution in [3.63, 3.8) is 0 Å². The Morgan fingerprint density at radius 3 is 2.67 bits per heavy atom. The first kappa shape index (κ1) is 18.6. The number of carbonyl (C=O) groups is 1. The maximum absolute atomic E-state index is 13.0. The summed E-state index contributed by atoms with van der Waals surface area (Å²) in [4.78, 5) is 17.8. The number of nitrogens with zero attached hydrogens (tertiary/aromatic N) is 2. The van der Waals surface area contributed by atoms with Crippen molar-refractivity contribution in [2.45, 2.75) is 45.1 Å². The Balaban J connectivity index is 1.82. The molecule has 1 saturated carbocycles. The SMILES string of the molecule is CCN1C(=O)C(=C2C=Cc3cc(OC)ccc3N2C2CCCCC2)SC1=S. The number of benzene rings is 1. The average molecular weight is 401 g/mol. The zero-order valence-electron chi connectivity index (χ0n) is 15.7. The minimum Gasteiger partial charge on any atom is -0.497 e. The van der Waals surface area contributed by atoms with Gasteiger partial charge < -0.3 is 9.64 Å². The number of anilines is 1. The molecule has 1 aliphatic carbocycles. The maximum Gasteiger partial charge on any atom is 0.268 e. The highest BCUT2D eigenvalue weighted by molar-refractivity contribution is 8.26. The van der Waals surface area contributed by atoms with Gasteiger partial charge in [0, 0.05) is 23.8 Å². The van der Waals surface area contributed by atoms with Crippen molar-refractivity contribution >= 4 is 46.0 Å². The summed E-state index contributed by atoms with van der Waals surface area (Å²) in [6.07, 6.45) is 10.2. The molecule has 2 heterocycles. The molecule has 142 valence electrons. The molecule has 0 radical (unpaired) electrons. The van der Waals surface area contributed by atoms with E-state index in [2.05, 4.69) is 29.2 Å². The van der Waals surface area contributed by atoms with Gasteiger partial charge in [-0.1, -0.05) is 49.3 Å². The molecule has 0 unspecified atom stereocenters. The number of thioether (sulfide) groups is 1. The summed E-state index contributed by atoms with van der Waals surface area (Å²) in [5.41, 5.74) is 3.28. The van der Waals surface area contributed by atoms with Gasteiger partial charge in [0.2, 0.25) is 0 Å². The third-order valence-corrected chi connectivity index (χ3v) is 6.97. The third-order valence-electron chi connectivity index (χ3n) is 5.51. The van der Waals surface area contributed by atoms with E-state index in [1.165, 1.54) is 31.0 Å². The van der Waals surface area contributed by atoms with E-state index in [9.17, 15) is 4.79 Å². The number of hydrogen-bond donors (Lipinski definition) is 0. The molecule has 1 amide bonds. The van der Waals surface area contributed by atoms with Gasteiger partial charge in [0.05, 0.1) is 12.8 Å². The summed E-state index contributed by atoms with van der Waals surface area (Å²) in [5, 5.41) is 0. The highest BCUT2D eigenvalue weighted by Gasteiger charge is 2.37. The second kappa shape index (κ2) is 7.68. The molecule has 2 aliphatic heterocycles. The summed E-state index contributed by atoms with van der Waals surface area (Å²) in [7, 11) is 1.69. The predicted octanol–water partition coefficient (Wildman–Crippen LogP) is 4.95. The summed E-state index contributed by atoms with van der Waals surface area (Å²) in [6, 6.07) is 6.60. The van der Waals surface area contributed by atoms with Crippen LogP contribution in [0.3, 0.4) is 0 Å². The Morgan fingerprint density at radius 2 is 2.00 bits per heavy atom. The second-order valence-corrected chi connectivity index (χ2v) is 8.70. The van der Waals surface area contributed by atoms with E-state index < -0.39 is 0 Å². The van der Waals surface area contributed by atoms with E-state index in [0.29, 0.717) is 16.9 Å². The number of methoxy groups -OCH3 is 1. The van der Waals surface area contributed by atoms with Gasteiger partial charge in [-0.2, -0.15) is 0 Å². The normalized spacial score (nSPS) is 23.2. The topological polar surface area (TPSA) is 32.8 Å². The lowest BCUT2D eigenvalue weighted by Gasteiger charge is -2.40. The molecule has 0 bridgehead atoms. The molecule has 1 aromatic rings.